The van der Waals surface area contributed by atoms with Crippen molar-refractivity contribution in [2.24, 2.45) is 0 Å². The van der Waals surface area contributed by atoms with Crippen LogP contribution in [0.3, 0.4) is 0 Å². The van der Waals surface area contributed by atoms with Crippen LogP contribution in [0.25, 0.3) is 17.0 Å². The number of nitrogens with one attached hydrogen (secondary N) is 2. The number of fused-ring (bicyclic) bond motifs is 1. The first-order chi connectivity index (χ1) is 10.3. The molecule has 110 valence electrons. The summed E-state index contributed by atoms with van der Waals surface area (Å²) in [7, 11) is 1.95. The predicted molar refractivity (Wildman–Crippen MR) is 80.3 cm³/mol. The number of H-pyrrole nitrogens is 1. The van der Waals surface area contributed by atoms with E-state index in [9.17, 15) is 0 Å². The number of hydrogen-bond donors (Lipinski definition) is 2. The predicted octanol–water partition coefficient (Wildman–Crippen LogP) is 1.38. The average molecular weight is 285 g/mol. The van der Waals surface area contributed by atoms with Gasteiger partial charge < -0.3 is 10.3 Å². The molecule has 0 radical (unpaired) electrons. The van der Waals surface area contributed by atoms with Gasteiger partial charge >= 0.3 is 0 Å². The van der Waals surface area contributed by atoms with Crippen LogP contribution in [-0.2, 0) is 19.4 Å². The van der Waals surface area contributed by atoms with Gasteiger partial charge in [-0.15, -0.1) is 0 Å². The first kappa shape index (κ1) is 13.7. The summed E-state index contributed by atoms with van der Waals surface area (Å²) in [6, 6.07) is 0. The molecule has 0 aliphatic rings. The molecule has 0 fully saturated rings. The smallest absolute Gasteiger partial charge is 0.182 e. The van der Waals surface area contributed by atoms with Gasteiger partial charge in [0.15, 0.2) is 11.5 Å². The Morgan fingerprint density at radius 2 is 2.05 bits per heavy atom. The average Bonchev–Trinajstić information content (AvgIpc) is 3.11. The molecule has 3 rings (SSSR count). The highest BCUT2D eigenvalue weighted by atomic mass is 15.3. The van der Waals surface area contributed by atoms with Crippen molar-refractivity contribution in [2.75, 3.05) is 7.05 Å². The quantitative estimate of drug-likeness (QED) is 0.740. The van der Waals surface area contributed by atoms with Crippen molar-refractivity contribution in [1.29, 1.82) is 0 Å². The summed E-state index contributed by atoms with van der Waals surface area (Å²) in [5.74, 6) is 0.756. The van der Waals surface area contributed by atoms with E-state index in [1.54, 1.807) is 6.33 Å². The molecule has 0 aromatic carbocycles. The first-order valence-electron chi connectivity index (χ1n) is 7.18. The maximum absolute atomic E-state index is 4.76. The van der Waals surface area contributed by atoms with Gasteiger partial charge in [0.2, 0.25) is 0 Å². The zero-order valence-corrected chi connectivity index (χ0v) is 12.5. The summed E-state index contributed by atoms with van der Waals surface area (Å²) < 4.78 is 1.92. The summed E-state index contributed by atoms with van der Waals surface area (Å²) in [6.07, 6.45) is 4.95. The Labute approximate surface area is 122 Å². The van der Waals surface area contributed by atoms with E-state index in [1.807, 2.05) is 11.7 Å². The molecule has 0 saturated carbocycles. The van der Waals surface area contributed by atoms with Crippen molar-refractivity contribution < 1.29 is 0 Å². The standard InChI is InChI=1S/C14H19N7/c1-4-10-9(6-15-3)11(5-2)21(20-10)14-12-13(17-7-16-12)18-8-19-14/h7-8,15H,4-6H2,1-3H3,(H,16,17,18,19). The van der Waals surface area contributed by atoms with E-state index in [-0.39, 0.29) is 0 Å². The van der Waals surface area contributed by atoms with Crippen LogP contribution < -0.4 is 5.32 Å². The minimum absolute atomic E-state index is 0.658. The molecule has 0 atom stereocenters. The second-order valence-electron chi connectivity index (χ2n) is 4.82. The van der Waals surface area contributed by atoms with E-state index < -0.39 is 0 Å². The SMILES string of the molecule is CCc1nn(-c2ncnc3nc[nH]c23)c(CC)c1CNC. The number of hydrogen-bond acceptors (Lipinski definition) is 5. The zero-order chi connectivity index (χ0) is 14.8. The molecule has 0 saturated heterocycles. The van der Waals surface area contributed by atoms with E-state index in [4.69, 9.17) is 5.10 Å². The van der Waals surface area contributed by atoms with Gasteiger partial charge in [0, 0.05) is 12.1 Å². The second-order valence-corrected chi connectivity index (χ2v) is 4.82. The molecule has 3 aromatic heterocycles. The van der Waals surface area contributed by atoms with Crippen molar-refractivity contribution >= 4 is 11.2 Å². The Hall–Kier alpha value is -2.28. The molecule has 7 nitrogen and oxygen atoms in total. The highest BCUT2D eigenvalue weighted by molar-refractivity contribution is 5.77. The number of rotatable bonds is 5. The molecule has 0 unspecified atom stereocenters. The summed E-state index contributed by atoms with van der Waals surface area (Å²) in [5.41, 5.74) is 5.01. The summed E-state index contributed by atoms with van der Waals surface area (Å²) in [4.78, 5) is 15.9. The van der Waals surface area contributed by atoms with Crippen molar-refractivity contribution in [2.45, 2.75) is 33.2 Å². The van der Waals surface area contributed by atoms with Gasteiger partial charge in [0.05, 0.1) is 17.7 Å². The van der Waals surface area contributed by atoms with E-state index in [0.717, 1.165) is 36.4 Å². The van der Waals surface area contributed by atoms with Crippen LogP contribution in [0, 0.1) is 0 Å². The molecule has 3 heterocycles. The highest BCUT2D eigenvalue weighted by Crippen LogP contribution is 2.22. The van der Waals surface area contributed by atoms with E-state index in [1.165, 1.54) is 17.6 Å². The molecule has 0 bridgehead atoms. The van der Waals surface area contributed by atoms with Gasteiger partial charge in [-0.1, -0.05) is 13.8 Å². The van der Waals surface area contributed by atoms with Crippen LogP contribution in [0.5, 0.6) is 0 Å². The number of aromatic amines is 1. The van der Waals surface area contributed by atoms with Crippen LogP contribution in [-0.4, -0.2) is 36.8 Å². The fourth-order valence-electron chi connectivity index (χ4n) is 2.65. The van der Waals surface area contributed by atoms with Crippen molar-refractivity contribution in [1.82, 2.24) is 35.0 Å². The lowest BCUT2D eigenvalue weighted by atomic mass is 10.1. The minimum atomic E-state index is 0.658. The molecule has 2 N–H and O–H groups in total. The van der Waals surface area contributed by atoms with Crippen molar-refractivity contribution in [3.8, 4) is 5.82 Å². The van der Waals surface area contributed by atoms with E-state index >= 15 is 0 Å². The first-order valence-corrected chi connectivity index (χ1v) is 7.18. The van der Waals surface area contributed by atoms with Crippen LogP contribution in [0.4, 0.5) is 0 Å². The summed E-state index contributed by atoms with van der Waals surface area (Å²) in [5, 5.41) is 7.98. The number of aromatic nitrogens is 6. The topological polar surface area (TPSA) is 84.3 Å². The van der Waals surface area contributed by atoms with Gasteiger partial charge in [-0.3, -0.25) is 0 Å². The minimum Gasteiger partial charge on any atom is -0.340 e. The van der Waals surface area contributed by atoms with Crippen LogP contribution >= 0.6 is 0 Å². The molecule has 0 amide bonds. The Kier molecular flexibility index (Phi) is 3.66. The Morgan fingerprint density at radius 1 is 1.19 bits per heavy atom. The van der Waals surface area contributed by atoms with Crippen molar-refractivity contribution in [3.05, 3.63) is 29.6 Å². The van der Waals surface area contributed by atoms with E-state index in [0.29, 0.717) is 5.65 Å². The number of imidazole rings is 1. The highest BCUT2D eigenvalue weighted by Gasteiger charge is 2.19. The van der Waals surface area contributed by atoms with Crippen LogP contribution in [0.1, 0.15) is 30.8 Å². The molecule has 0 aliphatic carbocycles. The van der Waals surface area contributed by atoms with Gasteiger partial charge in [0.25, 0.3) is 0 Å². The largest absolute Gasteiger partial charge is 0.340 e. The Morgan fingerprint density at radius 3 is 2.76 bits per heavy atom. The Bertz CT molecular complexity index is 756. The molecule has 3 aromatic rings. The maximum atomic E-state index is 4.76. The third-order valence-corrected chi connectivity index (χ3v) is 3.60. The van der Waals surface area contributed by atoms with Gasteiger partial charge in [0.1, 0.15) is 11.8 Å². The van der Waals surface area contributed by atoms with Crippen molar-refractivity contribution in [3.63, 3.8) is 0 Å². The molecule has 21 heavy (non-hydrogen) atoms. The fourth-order valence-corrected chi connectivity index (χ4v) is 2.65. The van der Waals surface area contributed by atoms with Gasteiger partial charge in [-0.05, 0) is 19.9 Å². The van der Waals surface area contributed by atoms with Gasteiger partial charge in [-0.25, -0.2) is 19.6 Å². The fraction of sp³-hybridized carbons (Fsp3) is 0.429. The normalized spacial score (nSPS) is 11.4. The third-order valence-electron chi connectivity index (χ3n) is 3.60. The van der Waals surface area contributed by atoms with Crippen LogP contribution in [0.15, 0.2) is 12.7 Å². The number of nitrogens with zero attached hydrogens (tertiary/aromatic N) is 5. The maximum Gasteiger partial charge on any atom is 0.182 e. The van der Waals surface area contributed by atoms with E-state index in [2.05, 4.69) is 39.1 Å². The Balaban J connectivity index is 2.24. The second kappa shape index (κ2) is 5.61. The number of aryl methyl sites for hydroxylation is 1. The molecule has 0 spiro atoms. The summed E-state index contributed by atoms with van der Waals surface area (Å²) in [6.45, 7) is 5.07. The van der Waals surface area contributed by atoms with Gasteiger partial charge in [-0.2, -0.15) is 5.10 Å². The zero-order valence-electron chi connectivity index (χ0n) is 12.5. The lowest BCUT2D eigenvalue weighted by Crippen LogP contribution is -2.10. The molecule has 7 heteroatoms. The summed E-state index contributed by atoms with van der Waals surface area (Å²) >= 11 is 0. The molecular weight excluding hydrogens is 266 g/mol. The third kappa shape index (κ3) is 2.19. The molecule has 0 aliphatic heterocycles. The lowest BCUT2D eigenvalue weighted by Gasteiger charge is -2.07. The molecular formula is C14H19N7. The van der Waals surface area contributed by atoms with Crippen LogP contribution in [0.2, 0.25) is 0 Å². The monoisotopic (exact) mass is 285 g/mol. The lowest BCUT2D eigenvalue weighted by molar-refractivity contribution is 0.766.